The largest absolute Gasteiger partial charge is 0.388 e. The predicted molar refractivity (Wildman–Crippen MR) is 64.0 cm³/mol. The summed E-state index contributed by atoms with van der Waals surface area (Å²) in [6.45, 7) is 0. The summed E-state index contributed by atoms with van der Waals surface area (Å²) < 4.78 is 0. The van der Waals surface area contributed by atoms with Crippen LogP contribution in [0.1, 0.15) is 23.8 Å². The molecule has 0 fully saturated rings. The van der Waals surface area contributed by atoms with Crippen LogP contribution in [0.25, 0.3) is 0 Å². The Morgan fingerprint density at radius 2 is 1.75 bits per heavy atom. The lowest BCUT2D eigenvalue weighted by Gasteiger charge is -2.10. The Hall–Kier alpha value is -1.67. The van der Waals surface area contributed by atoms with Gasteiger partial charge in [-0.1, -0.05) is 36.4 Å². The summed E-state index contributed by atoms with van der Waals surface area (Å²) in [5.74, 6) is 0. The molecule has 0 amide bonds. The van der Waals surface area contributed by atoms with Gasteiger partial charge in [0.25, 0.3) is 0 Å². The van der Waals surface area contributed by atoms with Crippen molar-refractivity contribution in [3.63, 3.8) is 0 Å². The van der Waals surface area contributed by atoms with Gasteiger partial charge in [-0.2, -0.15) is 0 Å². The van der Waals surface area contributed by atoms with Crippen LogP contribution >= 0.6 is 0 Å². The van der Waals surface area contributed by atoms with Crippen molar-refractivity contribution in [2.75, 3.05) is 0 Å². The van der Waals surface area contributed by atoms with Crippen molar-refractivity contribution in [1.29, 1.82) is 0 Å². The quantitative estimate of drug-likeness (QED) is 0.847. The minimum atomic E-state index is -0.400. The molecule has 82 valence electrons. The van der Waals surface area contributed by atoms with Gasteiger partial charge in [-0.3, -0.25) is 4.98 Å². The second-order valence-electron chi connectivity index (χ2n) is 3.79. The summed E-state index contributed by atoms with van der Waals surface area (Å²) in [6, 6.07) is 15.6. The van der Waals surface area contributed by atoms with Crippen molar-refractivity contribution >= 4 is 0 Å². The highest BCUT2D eigenvalue weighted by Crippen LogP contribution is 2.17. The minimum absolute atomic E-state index is 0.400. The Bertz CT molecular complexity index is 413. The van der Waals surface area contributed by atoms with E-state index in [0.29, 0.717) is 6.42 Å². The Labute approximate surface area is 95.6 Å². The van der Waals surface area contributed by atoms with Crippen LogP contribution in [0.3, 0.4) is 0 Å². The summed E-state index contributed by atoms with van der Waals surface area (Å²) >= 11 is 0. The fourth-order valence-corrected chi connectivity index (χ4v) is 1.67. The molecule has 0 aliphatic heterocycles. The smallest absolute Gasteiger partial charge is 0.0793 e. The van der Waals surface area contributed by atoms with E-state index in [1.807, 2.05) is 48.5 Å². The van der Waals surface area contributed by atoms with E-state index in [4.69, 9.17) is 0 Å². The summed E-state index contributed by atoms with van der Waals surface area (Å²) in [6.07, 6.45) is 2.89. The van der Waals surface area contributed by atoms with E-state index in [2.05, 4.69) is 4.98 Å². The molecule has 0 aliphatic rings. The van der Waals surface area contributed by atoms with Crippen LogP contribution in [-0.4, -0.2) is 10.1 Å². The second-order valence-corrected chi connectivity index (χ2v) is 3.79. The second kappa shape index (κ2) is 5.42. The Balaban J connectivity index is 1.92. The monoisotopic (exact) mass is 213 g/mol. The van der Waals surface area contributed by atoms with Crippen LogP contribution < -0.4 is 0 Å². The molecule has 2 aromatic rings. The fourth-order valence-electron chi connectivity index (χ4n) is 1.67. The van der Waals surface area contributed by atoms with Crippen LogP contribution in [0.15, 0.2) is 54.7 Å². The number of aryl methyl sites for hydroxylation is 1. The maximum atomic E-state index is 9.95. The summed E-state index contributed by atoms with van der Waals surface area (Å²) in [7, 11) is 0. The molecule has 1 unspecified atom stereocenters. The van der Waals surface area contributed by atoms with Gasteiger partial charge >= 0.3 is 0 Å². The predicted octanol–water partition coefficient (Wildman–Crippen LogP) is 2.75. The van der Waals surface area contributed by atoms with E-state index < -0.39 is 6.10 Å². The molecule has 2 nitrogen and oxygen atoms in total. The minimum Gasteiger partial charge on any atom is -0.388 e. The SMILES string of the molecule is OC(CCc1ccccn1)c1ccccc1. The molecular weight excluding hydrogens is 198 g/mol. The van der Waals surface area contributed by atoms with Crippen molar-refractivity contribution in [3.8, 4) is 0 Å². The topological polar surface area (TPSA) is 33.1 Å². The van der Waals surface area contributed by atoms with Gasteiger partial charge in [0.2, 0.25) is 0 Å². The molecule has 0 saturated carbocycles. The van der Waals surface area contributed by atoms with Crippen molar-refractivity contribution in [2.45, 2.75) is 18.9 Å². The fraction of sp³-hybridized carbons (Fsp3) is 0.214. The van der Waals surface area contributed by atoms with Gasteiger partial charge < -0.3 is 5.11 Å². The van der Waals surface area contributed by atoms with Crippen molar-refractivity contribution in [3.05, 3.63) is 66.0 Å². The number of hydrogen-bond acceptors (Lipinski definition) is 2. The van der Waals surface area contributed by atoms with Gasteiger partial charge in [0.15, 0.2) is 0 Å². The van der Waals surface area contributed by atoms with Gasteiger partial charge in [0, 0.05) is 11.9 Å². The molecule has 1 heterocycles. The van der Waals surface area contributed by atoms with Gasteiger partial charge in [-0.25, -0.2) is 0 Å². The third-order valence-corrected chi connectivity index (χ3v) is 2.58. The van der Waals surface area contributed by atoms with Gasteiger partial charge in [-0.15, -0.1) is 0 Å². The maximum absolute atomic E-state index is 9.95. The van der Waals surface area contributed by atoms with Crippen molar-refractivity contribution < 1.29 is 5.11 Å². The third kappa shape index (κ3) is 2.91. The summed E-state index contributed by atoms with van der Waals surface area (Å²) in [5, 5.41) is 9.95. The third-order valence-electron chi connectivity index (χ3n) is 2.58. The summed E-state index contributed by atoms with van der Waals surface area (Å²) in [5.41, 5.74) is 2.00. The first kappa shape index (κ1) is 10.8. The molecule has 2 heteroatoms. The number of hydrogen-bond donors (Lipinski definition) is 1. The van der Waals surface area contributed by atoms with E-state index in [-0.39, 0.29) is 0 Å². The van der Waals surface area contributed by atoms with Crippen LogP contribution in [0.2, 0.25) is 0 Å². The molecule has 2 rings (SSSR count). The highest BCUT2D eigenvalue weighted by atomic mass is 16.3. The number of pyridine rings is 1. The van der Waals surface area contributed by atoms with E-state index in [1.165, 1.54) is 0 Å². The van der Waals surface area contributed by atoms with Crippen LogP contribution in [0.4, 0.5) is 0 Å². The Kier molecular flexibility index (Phi) is 3.67. The van der Waals surface area contributed by atoms with Gasteiger partial charge in [0.1, 0.15) is 0 Å². The highest BCUT2D eigenvalue weighted by Gasteiger charge is 2.06. The van der Waals surface area contributed by atoms with Crippen LogP contribution in [0, 0.1) is 0 Å². The van der Waals surface area contributed by atoms with E-state index in [9.17, 15) is 5.11 Å². The van der Waals surface area contributed by atoms with Gasteiger partial charge in [0.05, 0.1) is 6.10 Å². The number of benzene rings is 1. The number of aliphatic hydroxyl groups excluding tert-OH is 1. The molecule has 0 spiro atoms. The molecule has 0 aliphatic carbocycles. The highest BCUT2D eigenvalue weighted by molar-refractivity contribution is 5.17. The first-order valence-electron chi connectivity index (χ1n) is 5.49. The molecule has 1 aromatic carbocycles. The molecule has 0 bridgehead atoms. The molecule has 16 heavy (non-hydrogen) atoms. The average molecular weight is 213 g/mol. The molecule has 0 radical (unpaired) electrons. The lowest BCUT2D eigenvalue weighted by Crippen LogP contribution is -2.00. The van der Waals surface area contributed by atoms with E-state index >= 15 is 0 Å². The number of nitrogens with zero attached hydrogens (tertiary/aromatic N) is 1. The number of rotatable bonds is 4. The van der Waals surface area contributed by atoms with E-state index in [1.54, 1.807) is 6.20 Å². The Morgan fingerprint density at radius 1 is 1.00 bits per heavy atom. The first-order valence-corrected chi connectivity index (χ1v) is 5.49. The summed E-state index contributed by atoms with van der Waals surface area (Å²) in [4.78, 5) is 4.23. The normalized spacial score (nSPS) is 12.3. The Morgan fingerprint density at radius 3 is 2.44 bits per heavy atom. The molecule has 1 N–H and O–H groups in total. The molecule has 1 aromatic heterocycles. The van der Waals surface area contributed by atoms with Crippen LogP contribution in [-0.2, 0) is 6.42 Å². The first-order chi connectivity index (χ1) is 7.86. The average Bonchev–Trinajstić information content (AvgIpc) is 2.38. The molecule has 0 saturated heterocycles. The number of aliphatic hydroxyl groups is 1. The lowest BCUT2D eigenvalue weighted by molar-refractivity contribution is 0.167. The standard InChI is InChI=1S/C14H15NO/c16-14(12-6-2-1-3-7-12)10-9-13-8-4-5-11-15-13/h1-8,11,14,16H,9-10H2. The van der Waals surface area contributed by atoms with E-state index in [0.717, 1.165) is 17.7 Å². The van der Waals surface area contributed by atoms with Gasteiger partial charge in [-0.05, 0) is 30.5 Å². The molecule has 1 atom stereocenters. The molecular formula is C14H15NO. The van der Waals surface area contributed by atoms with Crippen LogP contribution in [0.5, 0.6) is 0 Å². The number of aromatic nitrogens is 1. The zero-order valence-electron chi connectivity index (χ0n) is 9.08. The lowest BCUT2D eigenvalue weighted by atomic mass is 10.0. The maximum Gasteiger partial charge on any atom is 0.0793 e. The van der Waals surface area contributed by atoms with Crippen molar-refractivity contribution in [1.82, 2.24) is 4.98 Å². The zero-order valence-corrected chi connectivity index (χ0v) is 9.08. The zero-order chi connectivity index (χ0) is 11.2. The van der Waals surface area contributed by atoms with Crippen molar-refractivity contribution in [2.24, 2.45) is 0 Å².